The number of ether oxygens (including phenoxy) is 2. The number of amides is 1. The Hall–Kier alpha value is -2.58. The fourth-order valence-electron chi connectivity index (χ4n) is 2.86. The van der Waals surface area contributed by atoms with E-state index in [1.54, 1.807) is 44.6 Å². The molecule has 29 heavy (non-hydrogen) atoms. The monoisotopic (exact) mass is 418 g/mol. The fraction of sp³-hybridized carbons (Fsp3) is 0.381. The molecule has 3 rings (SSSR count). The minimum absolute atomic E-state index is 0.0770. The molecule has 1 amide bonds. The highest BCUT2D eigenvalue weighted by Gasteiger charge is 2.27. The van der Waals surface area contributed by atoms with E-state index in [1.807, 2.05) is 12.1 Å². The molecule has 0 aromatic heterocycles. The van der Waals surface area contributed by atoms with E-state index in [0.29, 0.717) is 30.9 Å². The van der Waals surface area contributed by atoms with Crippen LogP contribution in [0.2, 0.25) is 0 Å². The molecule has 0 aliphatic heterocycles. The van der Waals surface area contributed by atoms with Crippen LogP contribution in [0.5, 0.6) is 11.5 Å². The zero-order valence-electron chi connectivity index (χ0n) is 16.6. The number of nitrogens with one attached hydrogen (secondary N) is 2. The Balaban J connectivity index is 1.48. The van der Waals surface area contributed by atoms with E-state index >= 15 is 0 Å². The van der Waals surface area contributed by atoms with Crippen LogP contribution in [0.4, 0.5) is 0 Å². The standard InChI is InChI=1S/C21H26N2O5S/c1-27-19-11-5-16(13-20(19)28-2)14-22-21(24)12-6-15-3-9-18(10-4-15)29(25,26)23-17-7-8-17/h3-5,9-11,13,17,23H,6-8,12,14H2,1-2H3,(H,22,24). The van der Waals surface area contributed by atoms with Crippen LogP contribution in [0.25, 0.3) is 0 Å². The van der Waals surface area contributed by atoms with Crippen molar-refractivity contribution in [3.63, 3.8) is 0 Å². The minimum Gasteiger partial charge on any atom is -0.493 e. The predicted octanol–water partition coefficient (Wildman–Crippen LogP) is 2.39. The highest BCUT2D eigenvalue weighted by Crippen LogP contribution is 2.27. The van der Waals surface area contributed by atoms with E-state index in [2.05, 4.69) is 10.0 Å². The highest BCUT2D eigenvalue weighted by atomic mass is 32.2. The number of carbonyl (C=O) groups is 1. The molecule has 7 nitrogen and oxygen atoms in total. The molecule has 2 aromatic rings. The van der Waals surface area contributed by atoms with Gasteiger partial charge in [-0.1, -0.05) is 18.2 Å². The van der Waals surface area contributed by atoms with Crippen molar-refractivity contribution in [2.75, 3.05) is 14.2 Å². The number of sulfonamides is 1. The third-order valence-electron chi connectivity index (χ3n) is 4.71. The summed E-state index contributed by atoms with van der Waals surface area (Å²) in [6, 6.07) is 12.3. The maximum atomic E-state index is 12.2. The van der Waals surface area contributed by atoms with Gasteiger partial charge < -0.3 is 14.8 Å². The molecule has 1 saturated carbocycles. The lowest BCUT2D eigenvalue weighted by Gasteiger charge is -2.10. The van der Waals surface area contributed by atoms with Crippen LogP contribution in [0.1, 0.15) is 30.4 Å². The van der Waals surface area contributed by atoms with Gasteiger partial charge in [-0.2, -0.15) is 0 Å². The summed E-state index contributed by atoms with van der Waals surface area (Å²) in [4.78, 5) is 12.4. The van der Waals surface area contributed by atoms with Gasteiger partial charge in [0.15, 0.2) is 11.5 Å². The number of rotatable bonds is 10. The number of carbonyl (C=O) groups excluding carboxylic acids is 1. The Bertz CT molecular complexity index is 954. The van der Waals surface area contributed by atoms with Gasteiger partial charge in [-0.15, -0.1) is 0 Å². The summed E-state index contributed by atoms with van der Waals surface area (Å²) in [5.41, 5.74) is 1.82. The van der Waals surface area contributed by atoms with Gasteiger partial charge in [-0.25, -0.2) is 13.1 Å². The molecule has 2 aromatic carbocycles. The molecule has 0 spiro atoms. The minimum atomic E-state index is -3.44. The van der Waals surface area contributed by atoms with E-state index in [4.69, 9.17) is 9.47 Å². The van der Waals surface area contributed by atoms with Crippen LogP contribution >= 0.6 is 0 Å². The molecule has 1 fully saturated rings. The van der Waals surface area contributed by atoms with E-state index in [1.165, 1.54) is 0 Å². The Morgan fingerprint density at radius 3 is 2.28 bits per heavy atom. The van der Waals surface area contributed by atoms with Gasteiger partial charge >= 0.3 is 0 Å². The van der Waals surface area contributed by atoms with E-state index in [9.17, 15) is 13.2 Å². The second-order valence-electron chi connectivity index (χ2n) is 7.01. The molecule has 1 aliphatic carbocycles. The lowest BCUT2D eigenvalue weighted by atomic mass is 10.1. The Kier molecular flexibility index (Phi) is 6.76. The third-order valence-corrected chi connectivity index (χ3v) is 6.25. The number of hydrogen-bond acceptors (Lipinski definition) is 5. The smallest absolute Gasteiger partial charge is 0.240 e. The first kappa shape index (κ1) is 21.1. The van der Waals surface area contributed by atoms with Crippen molar-refractivity contribution in [2.45, 2.75) is 43.2 Å². The number of aryl methyl sites for hydroxylation is 1. The second kappa shape index (κ2) is 9.28. The van der Waals surface area contributed by atoms with Gasteiger partial charge in [0.2, 0.25) is 15.9 Å². The van der Waals surface area contributed by atoms with Gasteiger partial charge in [-0.3, -0.25) is 4.79 Å². The quantitative estimate of drug-likeness (QED) is 0.618. The third kappa shape index (κ3) is 5.95. The van der Waals surface area contributed by atoms with E-state index in [-0.39, 0.29) is 16.8 Å². The van der Waals surface area contributed by atoms with Gasteiger partial charge in [0.25, 0.3) is 0 Å². The molecule has 0 radical (unpaired) electrons. The van der Waals surface area contributed by atoms with Crippen LogP contribution in [0.15, 0.2) is 47.4 Å². The first-order chi connectivity index (χ1) is 13.9. The van der Waals surface area contributed by atoms with Crippen LogP contribution in [0.3, 0.4) is 0 Å². The SMILES string of the molecule is COc1ccc(CNC(=O)CCc2ccc(S(=O)(=O)NC3CC3)cc2)cc1OC. The first-order valence-electron chi connectivity index (χ1n) is 9.50. The summed E-state index contributed by atoms with van der Waals surface area (Å²) >= 11 is 0. The summed E-state index contributed by atoms with van der Waals surface area (Å²) in [6.45, 7) is 0.392. The molecule has 0 heterocycles. The summed E-state index contributed by atoms with van der Waals surface area (Å²) in [7, 11) is -0.301. The molecule has 8 heteroatoms. The number of benzene rings is 2. The molecule has 0 unspecified atom stereocenters. The van der Waals surface area contributed by atoms with Gasteiger partial charge in [0, 0.05) is 19.0 Å². The van der Waals surface area contributed by atoms with Gasteiger partial charge in [0.1, 0.15) is 0 Å². The molecule has 0 bridgehead atoms. The van der Waals surface area contributed by atoms with Crippen LogP contribution in [-0.4, -0.2) is 34.6 Å². The predicted molar refractivity (Wildman–Crippen MR) is 109 cm³/mol. The van der Waals surface area contributed by atoms with Crippen molar-refractivity contribution in [2.24, 2.45) is 0 Å². The van der Waals surface area contributed by atoms with Crippen molar-refractivity contribution in [3.05, 3.63) is 53.6 Å². The summed E-state index contributed by atoms with van der Waals surface area (Å²) < 4.78 is 37.5. The highest BCUT2D eigenvalue weighted by molar-refractivity contribution is 7.89. The molecular weight excluding hydrogens is 392 g/mol. The molecule has 2 N–H and O–H groups in total. The lowest BCUT2D eigenvalue weighted by molar-refractivity contribution is -0.121. The normalized spacial score (nSPS) is 13.7. The molecule has 156 valence electrons. The Morgan fingerprint density at radius 1 is 1.00 bits per heavy atom. The average Bonchev–Trinajstić information content (AvgIpc) is 3.54. The van der Waals surface area contributed by atoms with Crippen LogP contribution in [-0.2, 0) is 27.8 Å². The van der Waals surface area contributed by atoms with Crippen LogP contribution in [0, 0.1) is 0 Å². The van der Waals surface area contributed by atoms with Crippen molar-refractivity contribution < 1.29 is 22.7 Å². The van der Waals surface area contributed by atoms with Gasteiger partial charge in [-0.05, 0) is 54.7 Å². The summed E-state index contributed by atoms with van der Waals surface area (Å²) in [6.07, 6.45) is 2.65. The molecule has 0 atom stereocenters. The zero-order valence-corrected chi connectivity index (χ0v) is 17.4. The molecule has 0 saturated heterocycles. The van der Waals surface area contributed by atoms with E-state index < -0.39 is 10.0 Å². The summed E-state index contributed by atoms with van der Waals surface area (Å²) in [5.74, 6) is 1.18. The maximum Gasteiger partial charge on any atom is 0.240 e. The topological polar surface area (TPSA) is 93.7 Å². The summed E-state index contributed by atoms with van der Waals surface area (Å²) in [5, 5.41) is 2.88. The zero-order chi connectivity index (χ0) is 20.9. The number of hydrogen-bond donors (Lipinski definition) is 2. The molecular formula is C21H26N2O5S. The maximum absolute atomic E-state index is 12.2. The van der Waals surface area contributed by atoms with Crippen molar-refractivity contribution in [1.82, 2.24) is 10.0 Å². The fourth-order valence-corrected chi connectivity index (χ4v) is 4.17. The first-order valence-corrected chi connectivity index (χ1v) is 11.0. The lowest BCUT2D eigenvalue weighted by Crippen LogP contribution is -2.25. The number of methoxy groups -OCH3 is 2. The Morgan fingerprint density at radius 2 is 1.66 bits per heavy atom. The van der Waals surface area contributed by atoms with E-state index in [0.717, 1.165) is 24.0 Å². The molecule has 1 aliphatic rings. The van der Waals surface area contributed by atoms with Gasteiger partial charge in [0.05, 0.1) is 19.1 Å². The Labute approximate surface area is 171 Å². The second-order valence-corrected chi connectivity index (χ2v) is 8.72. The van der Waals surface area contributed by atoms with Crippen molar-refractivity contribution in [1.29, 1.82) is 0 Å². The van der Waals surface area contributed by atoms with Crippen molar-refractivity contribution in [3.8, 4) is 11.5 Å². The largest absolute Gasteiger partial charge is 0.493 e. The van der Waals surface area contributed by atoms with Crippen molar-refractivity contribution >= 4 is 15.9 Å². The van der Waals surface area contributed by atoms with Crippen LogP contribution < -0.4 is 19.5 Å². The average molecular weight is 419 g/mol.